The van der Waals surface area contributed by atoms with E-state index in [-0.39, 0.29) is 5.75 Å². The van der Waals surface area contributed by atoms with Gasteiger partial charge in [0.2, 0.25) is 0 Å². The Bertz CT molecular complexity index is 424. The molecule has 4 heteroatoms. The third kappa shape index (κ3) is 2.80. The number of hydrogen-bond donors (Lipinski definition) is 0. The van der Waals surface area contributed by atoms with Crippen LogP contribution in [0.15, 0.2) is 12.4 Å². The molecular weight excluding hydrogens is 198 g/mol. The highest BCUT2D eigenvalue weighted by Crippen LogP contribution is 2.14. The van der Waals surface area contributed by atoms with E-state index in [1.54, 1.807) is 12.4 Å². The monoisotopic (exact) mass is 213 g/mol. The van der Waals surface area contributed by atoms with Crippen molar-refractivity contribution in [2.24, 2.45) is 0 Å². The first kappa shape index (κ1) is 11.2. The molecule has 0 spiro atoms. The van der Waals surface area contributed by atoms with Crippen LogP contribution in [0.1, 0.15) is 23.6 Å². The van der Waals surface area contributed by atoms with Crippen LogP contribution in [0.5, 0.6) is 0 Å². The molecule has 0 atom stereocenters. The molecule has 0 fully saturated rings. The van der Waals surface area contributed by atoms with E-state index in [0.29, 0.717) is 0 Å². The van der Waals surface area contributed by atoms with Crippen molar-refractivity contribution in [1.82, 2.24) is 4.98 Å². The molecule has 1 aromatic rings. The van der Waals surface area contributed by atoms with Crippen molar-refractivity contribution in [2.45, 2.75) is 26.0 Å². The number of nitrogens with zero attached hydrogens (tertiary/aromatic N) is 1. The highest BCUT2D eigenvalue weighted by Gasteiger charge is 2.09. The van der Waals surface area contributed by atoms with Gasteiger partial charge in [-0.15, -0.1) is 0 Å². The van der Waals surface area contributed by atoms with Gasteiger partial charge >= 0.3 is 0 Å². The molecule has 1 rings (SSSR count). The number of rotatable bonds is 3. The van der Waals surface area contributed by atoms with E-state index in [1.165, 1.54) is 6.26 Å². The van der Waals surface area contributed by atoms with Crippen molar-refractivity contribution in [3.05, 3.63) is 29.1 Å². The first-order chi connectivity index (χ1) is 6.44. The lowest BCUT2D eigenvalue weighted by Crippen LogP contribution is -2.04. The molecule has 1 aromatic heterocycles. The third-order valence-electron chi connectivity index (χ3n) is 2.22. The fourth-order valence-corrected chi connectivity index (χ4v) is 2.26. The van der Waals surface area contributed by atoms with Gasteiger partial charge in [-0.05, 0) is 30.0 Å². The maximum Gasteiger partial charge on any atom is 0.151 e. The highest BCUT2D eigenvalue weighted by atomic mass is 32.2. The smallest absolute Gasteiger partial charge is 0.151 e. The largest absolute Gasteiger partial charge is 0.264 e. The lowest BCUT2D eigenvalue weighted by atomic mass is 10.1. The predicted molar refractivity (Wildman–Crippen MR) is 56.9 cm³/mol. The third-order valence-corrected chi connectivity index (χ3v) is 3.06. The molecule has 0 aromatic carbocycles. The van der Waals surface area contributed by atoms with Gasteiger partial charge in [-0.3, -0.25) is 4.98 Å². The maximum atomic E-state index is 11.1. The molecule has 0 bridgehead atoms. The zero-order valence-electron chi connectivity index (χ0n) is 8.74. The molecule has 0 aliphatic carbocycles. The predicted octanol–water partition coefficient (Wildman–Crippen LogP) is 1.50. The number of aromatic nitrogens is 1. The molecule has 0 N–H and O–H groups in total. The SMILES string of the molecule is CCc1cncc(CS(C)(=O)=O)c1C. The molecule has 0 amide bonds. The molecule has 0 unspecified atom stereocenters. The summed E-state index contributed by atoms with van der Waals surface area (Å²) >= 11 is 0. The Morgan fingerprint density at radius 3 is 2.36 bits per heavy atom. The van der Waals surface area contributed by atoms with Crippen molar-refractivity contribution in [2.75, 3.05) is 6.26 Å². The highest BCUT2D eigenvalue weighted by molar-refractivity contribution is 7.89. The molecule has 0 radical (unpaired) electrons. The van der Waals surface area contributed by atoms with Crippen LogP contribution in [0.4, 0.5) is 0 Å². The van der Waals surface area contributed by atoms with Gasteiger partial charge < -0.3 is 0 Å². The Kier molecular flexibility index (Phi) is 3.26. The maximum absolute atomic E-state index is 11.1. The van der Waals surface area contributed by atoms with Gasteiger partial charge in [-0.2, -0.15) is 0 Å². The quantitative estimate of drug-likeness (QED) is 0.764. The van der Waals surface area contributed by atoms with Gasteiger partial charge in [0.05, 0.1) is 5.75 Å². The van der Waals surface area contributed by atoms with Crippen molar-refractivity contribution >= 4 is 9.84 Å². The van der Waals surface area contributed by atoms with Crippen LogP contribution in [-0.2, 0) is 22.0 Å². The molecule has 3 nitrogen and oxygen atoms in total. The minimum Gasteiger partial charge on any atom is -0.264 e. The Labute approximate surface area is 85.1 Å². The summed E-state index contributed by atoms with van der Waals surface area (Å²) in [5, 5.41) is 0. The van der Waals surface area contributed by atoms with Crippen LogP contribution >= 0.6 is 0 Å². The molecule has 0 aliphatic rings. The van der Waals surface area contributed by atoms with E-state index in [9.17, 15) is 8.42 Å². The second-order valence-electron chi connectivity index (χ2n) is 3.51. The van der Waals surface area contributed by atoms with E-state index in [4.69, 9.17) is 0 Å². The summed E-state index contributed by atoms with van der Waals surface area (Å²) in [5.41, 5.74) is 2.98. The van der Waals surface area contributed by atoms with E-state index in [1.807, 2.05) is 13.8 Å². The summed E-state index contributed by atoms with van der Waals surface area (Å²) in [6.45, 7) is 3.98. The van der Waals surface area contributed by atoms with E-state index in [0.717, 1.165) is 23.1 Å². The Hall–Kier alpha value is -0.900. The average Bonchev–Trinajstić information content (AvgIpc) is 2.06. The molecule has 0 aliphatic heterocycles. The number of hydrogen-bond acceptors (Lipinski definition) is 3. The number of sulfone groups is 1. The molecule has 0 saturated carbocycles. The van der Waals surface area contributed by atoms with Crippen molar-refractivity contribution in [3.8, 4) is 0 Å². The normalized spacial score (nSPS) is 11.6. The Morgan fingerprint density at radius 1 is 1.29 bits per heavy atom. The lowest BCUT2D eigenvalue weighted by molar-refractivity contribution is 0.601. The minimum atomic E-state index is -2.96. The van der Waals surface area contributed by atoms with Crippen LogP contribution < -0.4 is 0 Å². The molecule has 78 valence electrons. The summed E-state index contributed by atoms with van der Waals surface area (Å²) in [4.78, 5) is 4.04. The Morgan fingerprint density at radius 2 is 1.86 bits per heavy atom. The first-order valence-corrected chi connectivity index (χ1v) is 6.60. The lowest BCUT2D eigenvalue weighted by Gasteiger charge is -2.07. The minimum absolute atomic E-state index is 0.0830. The first-order valence-electron chi connectivity index (χ1n) is 4.54. The van der Waals surface area contributed by atoms with Gasteiger partial charge in [0, 0.05) is 18.6 Å². The molecular formula is C10H15NO2S. The van der Waals surface area contributed by atoms with Crippen LogP contribution in [-0.4, -0.2) is 19.7 Å². The summed E-state index contributed by atoms with van der Waals surface area (Å²) in [7, 11) is -2.96. The van der Waals surface area contributed by atoms with Crippen LogP contribution in [0.3, 0.4) is 0 Å². The summed E-state index contributed by atoms with van der Waals surface area (Å²) in [6, 6.07) is 0. The summed E-state index contributed by atoms with van der Waals surface area (Å²) in [6.07, 6.45) is 5.55. The number of pyridine rings is 1. The Balaban J connectivity index is 3.10. The van der Waals surface area contributed by atoms with Gasteiger partial charge in [0.1, 0.15) is 0 Å². The fourth-order valence-electron chi connectivity index (χ4n) is 1.40. The standard InChI is InChI=1S/C10H15NO2S/c1-4-9-5-11-6-10(8(9)2)7-14(3,12)13/h5-6H,4,7H2,1-3H3. The second-order valence-corrected chi connectivity index (χ2v) is 5.65. The van der Waals surface area contributed by atoms with Crippen molar-refractivity contribution in [1.29, 1.82) is 0 Å². The van der Waals surface area contributed by atoms with E-state index < -0.39 is 9.84 Å². The summed E-state index contributed by atoms with van der Waals surface area (Å²) < 4.78 is 22.2. The van der Waals surface area contributed by atoms with Crippen LogP contribution in [0.25, 0.3) is 0 Å². The zero-order valence-corrected chi connectivity index (χ0v) is 9.56. The van der Waals surface area contributed by atoms with E-state index >= 15 is 0 Å². The zero-order chi connectivity index (χ0) is 10.8. The van der Waals surface area contributed by atoms with E-state index in [2.05, 4.69) is 4.98 Å². The fraction of sp³-hybridized carbons (Fsp3) is 0.500. The van der Waals surface area contributed by atoms with Crippen molar-refractivity contribution in [3.63, 3.8) is 0 Å². The number of aryl methyl sites for hydroxylation is 1. The van der Waals surface area contributed by atoms with Gasteiger partial charge in [-0.1, -0.05) is 6.92 Å². The summed E-state index contributed by atoms with van der Waals surface area (Å²) in [5.74, 6) is 0.0830. The van der Waals surface area contributed by atoms with Gasteiger partial charge in [-0.25, -0.2) is 8.42 Å². The van der Waals surface area contributed by atoms with Crippen LogP contribution in [0, 0.1) is 6.92 Å². The average molecular weight is 213 g/mol. The molecule has 1 heterocycles. The van der Waals surface area contributed by atoms with Crippen LogP contribution in [0.2, 0.25) is 0 Å². The van der Waals surface area contributed by atoms with Gasteiger partial charge in [0.25, 0.3) is 0 Å². The topological polar surface area (TPSA) is 47.0 Å². The molecule has 0 saturated heterocycles. The van der Waals surface area contributed by atoms with Crippen molar-refractivity contribution < 1.29 is 8.42 Å². The van der Waals surface area contributed by atoms with Gasteiger partial charge in [0.15, 0.2) is 9.84 Å². The molecule has 14 heavy (non-hydrogen) atoms. The second kappa shape index (κ2) is 4.09.